The Morgan fingerprint density at radius 1 is 1.60 bits per heavy atom. The van der Waals surface area contributed by atoms with Crippen LogP contribution in [0.2, 0.25) is 0 Å². The van der Waals surface area contributed by atoms with Gasteiger partial charge in [-0.15, -0.1) is 0 Å². The van der Waals surface area contributed by atoms with Crippen LogP contribution in [0.3, 0.4) is 0 Å². The molecule has 0 radical (unpaired) electrons. The summed E-state index contributed by atoms with van der Waals surface area (Å²) in [4.78, 5) is 4.21. The molecule has 1 aliphatic rings. The van der Waals surface area contributed by atoms with Crippen molar-refractivity contribution in [2.24, 2.45) is 13.0 Å². The summed E-state index contributed by atoms with van der Waals surface area (Å²) in [5, 5.41) is 3.65. The first kappa shape index (κ1) is 10.7. The van der Waals surface area contributed by atoms with Crippen molar-refractivity contribution in [1.82, 2.24) is 14.9 Å². The zero-order chi connectivity index (χ0) is 10.7. The zero-order valence-electron chi connectivity index (χ0n) is 9.74. The fourth-order valence-corrected chi connectivity index (χ4v) is 2.25. The van der Waals surface area contributed by atoms with Crippen molar-refractivity contribution in [1.29, 1.82) is 0 Å². The van der Waals surface area contributed by atoms with Gasteiger partial charge in [0.25, 0.3) is 0 Å². The zero-order valence-corrected chi connectivity index (χ0v) is 9.74. The number of hydrogen-bond acceptors (Lipinski definition) is 2. The van der Waals surface area contributed by atoms with Crippen LogP contribution >= 0.6 is 0 Å². The Balaban J connectivity index is 2.07. The van der Waals surface area contributed by atoms with Gasteiger partial charge in [-0.05, 0) is 31.7 Å². The normalized spacial score (nSPS) is 18.8. The Morgan fingerprint density at radius 2 is 2.40 bits per heavy atom. The summed E-state index contributed by atoms with van der Waals surface area (Å²) in [5.74, 6) is 0.826. The van der Waals surface area contributed by atoms with Crippen LogP contribution in [-0.4, -0.2) is 16.1 Å². The molecule has 1 N–H and O–H groups in total. The van der Waals surface area contributed by atoms with Gasteiger partial charge in [-0.3, -0.25) is 0 Å². The molecule has 0 bridgehead atoms. The lowest BCUT2D eigenvalue weighted by Crippen LogP contribution is -2.33. The molecule has 0 amide bonds. The topological polar surface area (TPSA) is 29.9 Å². The fourth-order valence-electron chi connectivity index (χ4n) is 2.25. The average molecular weight is 207 g/mol. The molecular formula is C12H21N3. The molecule has 0 aromatic carbocycles. The number of imidazole rings is 1. The lowest BCUT2D eigenvalue weighted by molar-refractivity contribution is 0.225. The first-order valence-corrected chi connectivity index (χ1v) is 6.02. The van der Waals surface area contributed by atoms with E-state index in [2.05, 4.69) is 28.8 Å². The highest BCUT2D eigenvalue weighted by atomic mass is 15.1. The molecule has 1 aromatic heterocycles. The fraction of sp³-hybridized carbons (Fsp3) is 0.750. The van der Waals surface area contributed by atoms with Gasteiger partial charge in [0.05, 0.1) is 18.1 Å². The molecule has 0 spiro atoms. The number of hydrogen-bond donors (Lipinski definition) is 1. The van der Waals surface area contributed by atoms with E-state index in [1.807, 2.05) is 12.5 Å². The lowest BCUT2D eigenvalue weighted by Gasteiger charge is -2.34. The van der Waals surface area contributed by atoms with E-state index in [0.717, 1.165) is 12.5 Å². The van der Waals surface area contributed by atoms with E-state index in [9.17, 15) is 0 Å². The molecule has 84 valence electrons. The maximum Gasteiger partial charge on any atom is 0.0946 e. The lowest BCUT2D eigenvalue weighted by atomic mass is 9.78. The Morgan fingerprint density at radius 3 is 2.87 bits per heavy atom. The average Bonchev–Trinajstić information content (AvgIpc) is 2.55. The predicted octanol–water partition coefficient (Wildman–Crippen LogP) is 2.26. The third-order valence-electron chi connectivity index (χ3n) is 3.41. The van der Waals surface area contributed by atoms with E-state index in [0.29, 0.717) is 6.04 Å². The SMILES string of the molecule is CCCNC(c1cncn1C)C1CCC1. The Hall–Kier alpha value is -0.830. The van der Waals surface area contributed by atoms with Crippen molar-refractivity contribution in [3.05, 3.63) is 18.2 Å². The maximum absolute atomic E-state index is 4.21. The molecule has 1 heterocycles. The molecule has 1 unspecified atom stereocenters. The largest absolute Gasteiger partial charge is 0.336 e. The van der Waals surface area contributed by atoms with Crippen LogP contribution in [0.4, 0.5) is 0 Å². The first-order valence-electron chi connectivity index (χ1n) is 6.02. The minimum absolute atomic E-state index is 0.520. The summed E-state index contributed by atoms with van der Waals surface area (Å²) >= 11 is 0. The van der Waals surface area contributed by atoms with E-state index in [4.69, 9.17) is 0 Å². The quantitative estimate of drug-likeness (QED) is 0.802. The number of rotatable bonds is 5. The highest BCUT2D eigenvalue weighted by Gasteiger charge is 2.29. The summed E-state index contributed by atoms with van der Waals surface area (Å²) in [6, 6.07) is 0.520. The van der Waals surface area contributed by atoms with Gasteiger partial charge in [0.15, 0.2) is 0 Å². The third kappa shape index (κ3) is 2.23. The van der Waals surface area contributed by atoms with Gasteiger partial charge in [-0.1, -0.05) is 13.3 Å². The molecule has 3 nitrogen and oxygen atoms in total. The van der Waals surface area contributed by atoms with Gasteiger partial charge >= 0.3 is 0 Å². The molecule has 0 aliphatic heterocycles. The number of aryl methyl sites for hydroxylation is 1. The van der Waals surface area contributed by atoms with Gasteiger partial charge in [0.2, 0.25) is 0 Å². The maximum atomic E-state index is 4.21. The standard InChI is InChI=1S/C12H21N3/c1-3-7-14-12(10-5-4-6-10)11-8-13-9-15(11)2/h8-10,12,14H,3-7H2,1-2H3. The Bertz CT molecular complexity index is 302. The third-order valence-corrected chi connectivity index (χ3v) is 3.41. The van der Waals surface area contributed by atoms with Crippen LogP contribution in [0.1, 0.15) is 44.3 Å². The molecule has 3 heteroatoms. The number of nitrogens with one attached hydrogen (secondary N) is 1. The highest BCUT2D eigenvalue weighted by Crippen LogP contribution is 2.37. The minimum Gasteiger partial charge on any atom is -0.336 e. The van der Waals surface area contributed by atoms with Crippen molar-refractivity contribution in [2.45, 2.75) is 38.6 Å². The van der Waals surface area contributed by atoms with E-state index < -0.39 is 0 Å². The van der Waals surface area contributed by atoms with E-state index in [1.54, 1.807) is 0 Å². The molecule has 1 atom stereocenters. The minimum atomic E-state index is 0.520. The second kappa shape index (κ2) is 4.79. The van der Waals surface area contributed by atoms with Crippen molar-refractivity contribution in [3.8, 4) is 0 Å². The van der Waals surface area contributed by atoms with Gasteiger partial charge in [-0.25, -0.2) is 4.98 Å². The summed E-state index contributed by atoms with van der Waals surface area (Å²) in [6.45, 7) is 3.32. The molecule has 2 rings (SSSR count). The van der Waals surface area contributed by atoms with Crippen molar-refractivity contribution in [3.63, 3.8) is 0 Å². The summed E-state index contributed by atoms with van der Waals surface area (Å²) in [6.07, 6.45) is 9.23. The van der Waals surface area contributed by atoms with Crippen LogP contribution in [0.25, 0.3) is 0 Å². The molecule has 15 heavy (non-hydrogen) atoms. The molecular weight excluding hydrogens is 186 g/mol. The van der Waals surface area contributed by atoms with Gasteiger partial charge < -0.3 is 9.88 Å². The second-order valence-electron chi connectivity index (χ2n) is 4.55. The smallest absolute Gasteiger partial charge is 0.0946 e. The van der Waals surface area contributed by atoms with E-state index in [-0.39, 0.29) is 0 Å². The van der Waals surface area contributed by atoms with E-state index in [1.165, 1.54) is 31.4 Å². The molecule has 0 saturated heterocycles. The Kier molecular flexibility index (Phi) is 3.41. The molecule has 1 saturated carbocycles. The van der Waals surface area contributed by atoms with Crippen LogP contribution in [-0.2, 0) is 7.05 Å². The van der Waals surface area contributed by atoms with Crippen LogP contribution < -0.4 is 5.32 Å². The monoisotopic (exact) mass is 207 g/mol. The highest BCUT2D eigenvalue weighted by molar-refractivity contribution is 5.08. The van der Waals surface area contributed by atoms with Crippen LogP contribution in [0.15, 0.2) is 12.5 Å². The van der Waals surface area contributed by atoms with Crippen LogP contribution in [0.5, 0.6) is 0 Å². The summed E-state index contributed by atoms with van der Waals surface area (Å²) in [5.41, 5.74) is 1.34. The number of aromatic nitrogens is 2. The summed E-state index contributed by atoms with van der Waals surface area (Å²) in [7, 11) is 2.08. The van der Waals surface area contributed by atoms with Gasteiger partial charge in [0.1, 0.15) is 0 Å². The van der Waals surface area contributed by atoms with Gasteiger partial charge in [-0.2, -0.15) is 0 Å². The number of nitrogens with zero attached hydrogens (tertiary/aromatic N) is 2. The molecule has 1 aliphatic carbocycles. The summed E-state index contributed by atoms with van der Waals surface area (Å²) < 4.78 is 2.14. The molecule has 1 fully saturated rings. The van der Waals surface area contributed by atoms with Crippen molar-refractivity contribution >= 4 is 0 Å². The van der Waals surface area contributed by atoms with Crippen LogP contribution in [0, 0.1) is 5.92 Å². The van der Waals surface area contributed by atoms with Crippen molar-refractivity contribution in [2.75, 3.05) is 6.54 Å². The Labute approximate surface area is 91.9 Å². The second-order valence-corrected chi connectivity index (χ2v) is 4.55. The van der Waals surface area contributed by atoms with E-state index >= 15 is 0 Å². The van der Waals surface area contributed by atoms with Crippen molar-refractivity contribution < 1.29 is 0 Å². The first-order chi connectivity index (χ1) is 7.33. The predicted molar refractivity (Wildman–Crippen MR) is 61.6 cm³/mol. The molecule has 1 aromatic rings. The van der Waals surface area contributed by atoms with Gasteiger partial charge in [0, 0.05) is 13.2 Å².